The number of carbonyl (C=O) groups is 2. The van der Waals surface area contributed by atoms with Crippen molar-refractivity contribution < 1.29 is 14.7 Å². The molecule has 0 heterocycles. The molecule has 0 unspecified atom stereocenters. The highest BCUT2D eigenvalue weighted by Crippen LogP contribution is 2.19. The van der Waals surface area contributed by atoms with E-state index in [9.17, 15) is 9.59 Å². The number of halogens is 1. The molecule has 1 rings (SSSR count). The number of nitrogens with one attached hydrogen (secondary N) is 1. The van der Waals surface area contributed by atoms with Crippen molar-refractivity contribution in [1.82, 2.24) is 0 Å². The van der Waals surface area contributed by atoms with Crippen LogP contribution in [-0.4, -0.2) is 17.0 Å². The van der Waals surface area contributed by atoms with Gasteiger partial charge in [-0.2, -0.15) is 0 Å². The molecule has 0 spiro atoms. The minimum Gasteiger partial charge on any atom is -0.478 e. The van der Waals surface area contributed by atoms with Gasteiger partial charge in [-0.3, -0.25) is 4.79 Å². The van der Waals surface area contributed by atoms with Crippen molar-refractivity contribution in [2.24, 2.45) is 0 Å². The second-order valence-electron chi connectivity index (χ2n) is 2.68. The SMILES string of the molecule is CC(=O)Nc1cc(I)ccc1C(=O)O. The minimum atomic E-state index is -1.05. The first-order chi connectivity index (χ1) is 6.50. The fourth-order valence-corrected chi connectivity index (χ4v) is 1.49. The van der Waals surface area contributed by atoms with Gasteiger partial charge < -0.3 is 10.4 Å². The Kier molecular flexibility index (Phi) is 3.45. The number of anilines is 1. The van der Waals surface area contributed by atoms with Crippen molar-refractivity contribution in [3.05, 3.63) is 27.3 Å². The molecule has 0 saturated heterocycles. The summed E-state index contributed by atoms with van der Waals surface area (Å²) in [6.07, 6.45) is 0. The molecule has 5 heteroatoms. The number of carboxylic acids is 1. The maximum absolute atomic E-state index is 10.8. The van der Waals surface area contributed by atoms with Gasteiger partial charge in [0.05, 0.1) is 11.3 Å². The normalized spacial score (nSPS) is 9.57. The summed E-state index contributed by atoms with van der Waals surface area (Å²) < 4.78 is 0.872. The Balaban J connectivity index is 3.15. The van der Waals surface area contributed by atoms with Gasteiger partial charge in [-0.25, -0.2) is 4.79 Å². The molecule has 4 nitrogen and oxygen atoms in total. The number of rotatable bonds is 2. The van der Waals surface area contributed by atoms with E-state index in [1.165, 1.54) is 13.0 Å². The first-order valence-electron chi connectivity index (χ1n) is 3.81. The highest BCUT2D eigenvalue weighted by Gasteiger charge is 2.10. The second-order valence-corrected chi connectivity index (χ2v) is 3.92. The summed E-state index contributed by atoms with van der Waals surface area (Å²) >= 11 is 2.05. The van der Waals surface area contributed by atoms with Gasteiger partial charge in [-0.15, -0.1) is 0 Å². The van der Waals surface area contributed by atoms with Gasteiger partial charge in [0.25, 0.3) is 0 Å². The van der Waals surface area contributed by atoms with Gasteiger partial charge >= 0.3 is 5.97 Å². The fraction of sp³-hybridized carbons (Fsp3) is 0.111. The standard InChI is InChI=1S/C9H8INO3/c1-5(12)11-8-4-6(10)2-3-7(8)9(13)14/h2-4H,1H3,(H,11,12)(H,13,14). The summed E-state index contributed by atoms with van der Waals surface area (Å²) in [7, 11) is 0. The van der Waals surface area contributed by atoms with Gasteiger partial charge in [-0.1, -0.05) is 0 Å². The van der Waals surface area contributed by atoms with Crippen molar-refractivity contribution >= 4 is 40.2 Å². The Morgan fingerprint density at radius 1 is 1.43 bits per heavy atom. The predicted octanol–water partition coefficient (Wildman–Crippen LogP) is 1.95. The zero-order valence-electron chi connectivity index (χ0n) is 7.37. The highest BCUT2D eigenvalue weighted by molar-refractivity contribution is 14.1. The molecule has 0 aliphatic carbocycles. The van der Waals surface area contributed by atoms with Gasteiger partial charge in [0.1, 0.15) is 0 Å². The van der Waals surface area contributed by atoms with Gasteiger partial charge in [-0.05, 0) is 40.8 Å². The van der Waals surface area contributed by atoms with Crippen LogP contribution in [0.3, 0.4) is 0 Å². The van der Waals surface area contributed by atoms with Crippen LogP contribution in [0.1, 0.15) is 17.3 Å². The average molecular weight is 305 g/mol. The Bertz CT molecular complexity index is 390. The molecular formula is C9H8INO3. The van der Waals surface area contributed by atoms with E-state index < -0.39 is 5.97 Å². The molecule has 2 N–H and O–H groups in total. The topological polar surface area (TPSA) is 66.4 Å². The lowest BCUT2D eigenvalue weighted by molar-refractivity contribution is -0.114. The quantitative estimate of drug-likeness (QED) is 0.821. The molecule has 0 radical (unpaired) electrons. The molecule has 74 valence electrons. The van der Waals surface area contributed by atoms with E-state index in [0.717, 1.165) is 3.57 Å². The van der Waals surface area contributed by atoms with Crippen molar-refractivity contribution in [3.63, 3.8) is 0 Å². The summed E-state index contributed by atoms with van der Waals surface area (Å²) in [5, 5.41) is 11.3. The average Bonchev–Trinajstić information content (AvgIpc) is 2.01. The lowest BCUT2D eigenvalue weighted by atomic mass is 10.2. The molecule has 0 fully saturated rings. The first-order valence-corrected chi connectivity index (χ1v) is 4.89. The molecular weight excluding hydrogens is 297 g/mol. The van der Waals surface area contributed by atoms with Crippen molar-refractivity contribution in [2.75, 3.05) is 5.32 Å². The Labute approximate surface area is 94.5 Å². The van der Waals surface area contributed by atoms with Gasteiger partial charge in [0, 0.05) is 10.5 Å². The summed E-state index contributed by atoms with van der Waals surface area (Å²) in [5.41, 5.74) is 0.428. The van der Waals surface area contributed by atoms with Crippen LogP contribution in [0.2, 0.25) is 0 Å². The summed E-state index contributed by atoms with van der Waals surface area (Å²) in [4.78, 5) is 21.6. The lowest BCUT2D eigenvalue weighted by Crippen LogP contribution is -2.10. The van der Waals surface area contributed by atoms with E-state index in [1.54, 1.807) is 12.1 Å². The third-order valence-electron chi connectivity index (χ3n) is 1.52. The zero-order valence-corrected chi connectivity index (χ0v) is 9.53. The summed E-state index contributed by atoms with van der Waals surface area (Å²) in [5.74, 6) is -1.33. The highest BCUT2D eigenvalue weighted by atomic mass is 127. The number of hydrogen-bond acceptors (Lipinski definition) is 2. The first kappa shape index (κ1) is 11.0. The molecule has 0 aliphatic heterocycles. The Morgan fingerprint density at radius 3 is 2.57 bits per heavy atom. The third kappa shape index (κ3) is 2.69. The van der Waals surface area contributed by atoms with Crippen LogP contribution in [0.4, 0.5) is 5.69 Å². The molecule has 1 aromatic rings. The molecule has 0 bridgehead atoms. The van der Waals surface area contributed by atoms with Crippen LogP contribution in [0.25, 0.3) is 0 Å². The molecule has 1 aromatic carbocycles. The van der Waals surface area contributed by atoms with Crippen LogP contribution in [-0.2, 0) is 4.79 Å². The van der Waals surface area contributed by atoms with Gasteiger partial charge in [0.2, 0.25) is 5.91 Å². The van der Waals surface area contributed by atoms with Crippen LogP contribution >= 0.6 is 22.6 Å². The molecule has 1 amide bonds. The number of carbonyl (C=O) groups excluding carboxylic acids is 1. The molecule has 0 aromatic heterocycles. The summed E-state index contributed by atoms with van der Waals surface area (Å²) in [6.45, 7) is 1.34. The van der Waals surface area contributed by atoms with E-state index in [-0.39, 0.29) is 11.5 Å². The van der Waals surface area contributed by atoms with Crippen LogP contribution in [0, 0.1) is 3.57 Å². The van der Waals surface area contributed by atoms with Crippen molar-refractivity contribution in [2.45, 2.75) is 6.92 Å². The number of aromatic carboxylic acids is 1. The second kappa shape index (κ2) is 4.41. The third-order valence-corrected chi connectivity index (χ3v) is 2.19. The monoisotopic (exact) mass is 305 g/mol. The van der Waals surface area contributed by atoms with E-state index in [4.69, 9.17) is 5.11 Å². The smallest absolute Gasteiger partial charge is 0.337 e. The number of benzene rings is 1. The van der Waals surface area contributed by atoms with Crippen molar-refractivity contribution in [3.8, 4) is 0 Å². The molecule has 0 aliphatic rings. The summed E-state index contributed by atoms with van der Waals surface area (Å²) in [6, 6.07) is 4.76. The van der Waals surface area contributed by atoms with E-state index >= 15 is 0 Å². The molecule has 0 atom stereocenters. The van der Waals surface area contributed by atoms with Crippen LogP contribution < -0.4 is 5.32 Å². The maximum atomic E-state index is 10.8. The Morgan fingerprint density at radius 2 is 2.07 bits per heavy atom. The van der Waals surface area contributed by atoms with Gasteiger partial charge in [0.15, 0.2) is 0 Å². The molecule has 14 heavy (non-hydrogen) atoms. The maximum Gasteiger partial charge on any atom is 0.337 e. The van der Waals surface area contributed by atoms with E-state index in [1.807, 2.05) is 22.6 Å². The number of hydrogen-bond donors (Lipinski definition) is 2. The fourth-order valence-electron chi connectivity index (χ4n) is 0.996. The molecule has 0 saturated carbocycles. The number of amides is 1. The zero-order chi connectivity index (χ0) is 10.7. The van der Waals surface area contributed by atoms with Crippen molar-refractivity contribution in [1.29, 1.82) is 0 Å². The largest absolute Gasteiger partial charge is 0.478 e. The number of carboxylic acid groups (broad SMARTS) is 1. The van der Waals surface area contributed by atoms with E-state index in [0.29, 0.717) is 5.69 Å². The predicted molar refractivity (Wildman–Crippen MR) is 60.4 cm³/mol. The van der Waals surface area contributed by atoms with Crippen LogP contribution in [0.15, 0.2) is 18.2 Å². The van der Waals surface area contributed by atoms with Crippen LogP contribution in [0.5, 0.6) is 0 Å². The lowest BCUT2D eigenvalue weighted by Gasteiger charge is -2.06. The minimum absolute atomic E-state index is 0.0978. The van der Waals surface area contributed by atoms with E-state index in [2.05, 4.69) is 5.32 Å². The Hall–Kier alpha value is -1.11.